The zero-order valence-corrected chi connectivity index (χ0v) is 13.1. The molecule has 2 aliphatic rings. The molecule has 0 aliphatic carbocycles. The standard InChI is InChI=1S/C13H27N3O2S/c1-11-8-16(9-12(11)2)19(17,18)15-6-4-5-13(10-15)7-14-3/h11-14H,4-10H2,1-3H3. The molecular formula is C13H27N3O2S. The van der Waals surface area contributed by atoms with Crippen molar-refractivity contribution in [2.24, 2.45) is 17.8 Å². The lowest BCUT2D eigenvalue weighted by atomic mass is 10.00. The second-order valence-corrected chi connectivity index (χ2v) is 8.13. The maximum absolute atomic E-state index is 12.7. The molecule has 0 amide bonds. The molecule has 2 heterocycles. The fourth-order valence-electron chi connectivity index (χ4n) is 3.12. The maximum atomic E-state index is 12.7. The van der Waals surface area contributed by atoms with E-state index >= 15 is 0 Å². The Morgan fingerprint density at radius 1 is 1.11 bits per heavy atom. The minimum Gasteiger partial charge on any atom is -0.319 e. The van der Waals surface area contributed by atoms with E-state index in [-0.39, 0.29) is 0 Å². The van der Waals surface area contributed by atoms with Gasteiger partial charge in [-0.3, -0.25) is 0 Å². The minimum absolute atomic E-state index is 0.450. The van der Waals surface area contributed by atoms with Gasteiger partial charge >= 0.3 is 0 Å². The van der Waals surface area contributed by atoms with Crippen molar-refractivity contribution in [1.29, 1.82) is 0 Å². The van der Waals surface area contributed by atoms with Gasteiger partial charge in [0.1, 0.15) is 0 Å². The summed E-state index contributed by atoms with van der Waals surface area (Å²) in [6.07, 6.45) is 2.10. The number of rotatable bonds is 4. The molecule has 0 radical (unpaired) electrons. The molecule has 3 unspecified atom stereocenters. The van der Waals surface area contributed by atoms with Gasteiger partial charge in [-0.25, -0.2) is 0 Å². The van der Waals surface area contributed by atoms with Crippen LogP contribution in [0, 0.1) is 17.8 Å². The average Bonchev–Trinajstić information content (AvgIpc) is 2.71. The molecule has 19 heavy (non-hydrogen) atoms. The van der Waals surface area contributed by atoms with Crippen LogP contribution in [0.1, 0.15) is 26.7 Å². The molecule has 0 aromatic rings. The molecule has 0 spiro atoms. The van der Waals surface area contributed by atoms with Gasteiger partial charge in [-0.1, -0.05) is 13.8 Å². The summed E-state index contributed by atoms with van der Waals surface area (Å²) in [7, 11) is -1.31. The van der Waals surface area contributed by atoms with Gasteiger partial charge in [-0.05, 0) is 44.2 Å². The van der Waals surface area contributed by atoms with Gasteiger partial charge in [-0.2, -0.15) is 17.0 Å². The third-order valence-corrected chi connectivity index (χ3v) is 6.52. The SMILES string of the molecule is CNCC1CCCN(S(=O)(=O)N2CC(C)C(C)C2)C1. The second kappa shape index (κ2) is 6.08. The van der Waals surface area contributed by atoms with Crippen LogP contribution in [-0.4, -0.2) is 56.8 Å². The monoisotopic (exact) mass is 289 g/mol. The maximum Gasteiger partial charge on any atom is 0.282 e. The van der Waals surface area contributed by atoms with Gasteiger partial charge in [0.2, 0.25) is 0 Å². The van der Waals surface area contributed by atoms with Crippen molar-refractivity contribution in [2.45, 2.75) is 26.7 Å². The first kappa shape index (κ1) is 15.2. The summed E-state index contributed by atoms with van der Waals surface area (Å²) in [5, 5.41) is 3.16. The highest BCUT2D eigenvalue weighted by molar-refractivity contribution is 7.86. The van der Waals surface area contributed by atoms with E-state index in [1.54, 1.807) is 8.61 Å². The van der Waals surface area contributed by atoms with Crippen LogP contribution in [0.25, 0.3) is 0 Å². The molecule has 2 saturated heterocycles. The van der Waals surface area contributed by atoms with Crippen LogP contribution in [-0.2, 0) is 10.2 Å². The summed E-state index contributed by atoms with van der Waals surface area (Å²) in [5.41, 5.74) is 0. The number of hydrogen-bond donors (Lipinski definition) is 1. The second-order valence-electron chi connectivity index (χ2n) is 6.20. The lowest BCUT2D eigenvalue weighted by Gasteiger charge is -2.34. The first-order valence-corrected chi connectivity index (χ1v) is 8.74. The quantitative estimate of drug-likeness (QED) is 0.831. The van der Waals surface area contributed by atoms with Crippen molar-refractivity contribution >= 4 is 10.2 Å². The molecule has 2 fully saturated rings. The van der Waals surface area contributed by atoms with Gasteiger partial charge in [-0.15, -0.1) is 0 Å². The van der Waals surface area contributed by atoms with Crippen molar-refractivity contribution in [3.8, 4) is 0 Å². The fourth-order valence-corrected chi connectivity index (χ4v) is 5.05. The Morgan fingerprint density at radius 2 is 1.74 bits per heavy atom. The van der Waals surface area contributed by atoms with Gasteiger partial charge in [0.15, 0.2) is 0 Å². The summed E-state index contributed by atoms with van der Waals surface area (Å²) in [4.78, 5) is 0. The van der Waals surface area contributed by atoms with Gasteiger partial charge in [0, 0.05) is 26.2 Å². The van der Waals surface area contributed by atoms with E-state index in [9.17, 15) is 8.42 Å². The molecule has 2 rings (SSSR count). The zero-order valence-electron chi connectivity index (χ0n) is 12.3. The molecule has 0 aromatic heterocycles. The number of nitrogens with one attached hydrogen (secondary N) is 1. The van der Waals surface area contributed by atoms with Crippen LogP contribution in [0.5, 0.6) is 0 Å². The molecule has 0 bridgehead atoms. The summed E-state index contributed by atoms with van der Waals surface area (Å²) < 4.78 is 28.7. The molecule has 5 nitrogen and oxygen atoms in total. The topological polar surface area (TPSA) is 52.7 Å². The minimum atomic E-state index is -3.24. The Labute approximate surface area is 117 Å². The Kier molecular flexibility index (Phi) is 4.87. The van der Waals surface area contributed by atoms with Crippen LogP contribution in [0.2, 0.25) is 0 Å². The highest BCUT2D eigenvalue weighted by atomic mass is 32.2. The predicted octanol–water partition coefficient (Wildman–Crippen LogP) is 0.750. The summed E-state index contributed by atoms with van der Waals surface area (Å²) >= 11 is 0. The van der Waals surface area contributed by atoms with Gasteiger partial charge in [0.25, 0.3) is 10.2 Å². The van der Waals surface area contributed by atoms with Gasteiger partial charge in [0.05, 0.1) is 0 Å². The van der Waals surface area contributed by atoms with Crippen LogP contribution >= 0.6 is 0 Å². The normalized spacial score (nSPS) is 34.8. The molecule has 112 valence electrons. The van der Waals surface area contributed by atoms with E-state index in [1.165, 1.54) is 0 Å². The van der Waals surface area contributed by atoms with Crippen molar-refractivity contribution in [3.63, 3.8) is 0 Å². The molecule has 6 heteroatoms. The largest absolute Gasteiger partial charge is 0.319 e. The summed E-state index contributed by atoms with van der Waals surface area (Å²) in [6, 6.07) is 0. The van der Waals surface area contributed by atoms with Crippen LogP contribution in [0.3, 0.4) is 0 Å². The van der Waals surface area contributed by atoms with Gasteiger partial charge < -0.3 is 5.32 Å². The van der Waals surface area contributed by atoms with E-state index in [0.29, 0.717) is 43.9 Å². The zero-order chi connectivity index (χ0) is 14.0. The van der Waals surface area contributed by atoms with E-state index in [1.807, 2.05) is 7.05 Å². The average molecular weight is 289 g/mol. The Balaban J connectivity index is 2.03. The molecule has 0 saturated carbocycles. The molecular weight excluding hydrogens is 262 g/mol. The van der Waals surface area contributed by atoms with E-state index in [4.69, 9.17) is 0 Å². The van der Waals surface area contributed by atoms with Crippen molar-refractivity contribution < 1.29 is 8.42 Å². The fraction of sp³-hybridized carbons (Fsp3) is 1.00. The molecule has 0 aromatic carbocycles. The van der Waals surface area contributed by atoms with Crippen molar-refractivity contribution in [3.05, 3.63) is 0 Å². The number of hydrogen-bond acceptors (Lipinski definition) is 3. The van der Waals surface area contributed by atoms with E-state index in [0.717, 1.165) is 19.4 Å². The molecule has 2 aliphatic heterocycles. The number of nitrogens with zero attached hydrogens (tertiary/aromatic N) is 2. The first-order valence-electron chi connectivity index (χ1n) is 7.35. The highest BCUT2D eigenvalue weighted by Crippen LogP contribution is 2.28. The molecule has 1 N–H and O–H groups in total. The summed E-state index contributed by atoms with van der Waals surface area (Å²) in [5.74, 6) is 1.38. The third kappa shape index (κ3) is 3.29. The Morgan fingerprint density at radius 3 is 2.32 bits per heavy atom. The smallest absolute Gasteiger partial charge is 0.282 e. The lowest BCUT2D eigenvalue weighted by molar-refractivity contribution is 0.248. The highest BCUT2D eigenvalue weighted by Gasteiger charge is 2.39. The third-order valence-electron chi connectivity index (χ3n) is 4.58. The number of piperidine rings is 1. The lowest BCUT2D eigenvalue weighted by Crippen LogP contribution is -2.48. The first-order chi connectivity index (χ1) is 8.95. The van der Waals surface area contributed by atoms with Crippen LogP contribution in [0.15, 0.2) is 0 Å². The van der Waals surface area contributed by atoms with Crippen LogP contribution in [0.4, 0.5) is 0 Å². The van der Waals surface area contributed by atoms with Crippen molar-refractivity contribution in [2.75, 3.05) is 39.8 Å². The Bertz CT molecular complexity index is 387. The van der Waals surface area contributed by atoms with E-state index < -0.39 is 10.2 Å². The Hall–Kier alpha value is -0.170. The molecule has 3 atom stereocenters. The predicted molar refractivity (Wildman–Crippen MR) is 77.0 cm³/mol. The van der Waals surface area contributed by atoms with Crippen LogP contribution < -0.4 is 5.32 Å². The van der Waals surface area contributed by atoms with E-state index in [2.05, 4.69) is 19.2 Å². The van der Waals surface area contributed by atoms with Crippen molar-refractivity contribution in [1.82, 2.24) is 13.9 Å². The summed E-state index contributed by atoms with van der Waals surface area (Å²) in [6.45, 7) is 7.89.